The average Bonchev–Trinajstić information content (AvgIpc) is 2.27. The van der Waals surface area contributed by atoms with E-state index in [9.17, 15) is 8.42 Å². The number of halogens is 1. The number of nitrogen functional groups attached to an aromatic ring is 1. The van der Waals surface area contributed by atoms with Crippen LogP contribution in [0.5, 0.6) is 0 Å². The fraction of sp³-hybridized carbons (Fsp3) is 0.500. The molecule has 3 N–H and O–H groups in total. The molecule has 1 aromatic carbocycles. The fourth-order valence-electron chi connectivity index (χ4n) is 2.13. The highest BCUT2D eigenvalue weighted by atomic mass is 35.5. The lowest BCUT2D eigenvalue weighted by atomic mass is 9.84. The fourth-order valence-corrected chi connectivity index (χ4v) is 4.94. The summed E-state index contributed by atoms with van der Waals surface area (Å²) in [5.74, 6) is 0. The van der Waals surface area contributed by atoms with Crippen LogP contribution in [0.25, 0.3) is 0 Å². The van der Waals surface area contributed by atoms with Crippen LogP contribution in [0.2, 0.25) is 5.02 Å². The van der Waals surface area contributed by atoms with Crippen LogP contribution in [0, 0.1) is 0 Å². The van der Waals surface area contributed by atoms with Crippen LogP contribution < -0.4 is 10.5 Å². The van der Waals surface area contributed by atoms with E-state index in [1.165, 1.54) is 12.1 Å². The molecule has 0 radical (unpaired) electrons. The number of benzene rings is 1. The molecular weight excluding hydrogens is 304 g/mol. The van der Waals surface area contributed by atoms with E-state index in [4.69, 9.17) is 17.3 Å². The van der Waals surface area contributed by atoms with Crippen LogP contribution in [-0.2, 0) is 10.0 Å². The lowest BCUT2D eigenvalue weighted by molar-refractivity contribution is 0.362. The maximum atomic E-state index is 12.3. The van der Waals surface area contributed by atoms with Gasteiger partial charge in [0.15, 0.2) is 0 Å². The predicted octanol–water partition coefficient (Wildman–Crippen LogP) is 2.49. The van der Waals surface area contributed by atoms with E-state index in [2.05, 4.69) is 4.72 Å². The van der Waals surface area contributed by atoms with Crippen LogP contribution in [0.15, 0.2) is 23.1 Å². The molecule has 7 heteroatoms. The number of sulfonamides is 1. The van der Waals surface area contributed by atoms with Crippen LogP contribution >= 0.6 is 23.4 Å². The molecule has 0 amide bonds. The molecule has 4 nitrogen and oxygen atoms in total. The average molecular weight is 321 g/mol. The second kappa shape index (κ2) is 5.52. The largest absolute Gasteiger partial charge is 0.398 e. The summed E-state index contributed by atoms with van der Waals surface area (Å²) < 4.78 is 27.3. The van der Waals surface area contributed by atoms with Crippen LogP contribution in [0.3, 0.4) is 0 Å². The van der Waals surface area contributed by atoms with Crippen molar-refractivity contribution in [1.29, 1.82) is 0 Å². The Morgan fingerprint density at radius 1 is 1.47 bits per heavy atom. The Hall–Kier alpha value is -0.430. The molecule has 0 saturated heterocycles. The maximum Gasteiger partial charge on any atom is 0.244 e. The van der Waals surface area contributed by atoms with Gasteiger partial charge in [0.1, 0.15) is 4.90 Å². The summed E-state index contributed by atoms with van der Waals surface area (Å²) in [5, 5.41) is 0.152. The number of nitrogens with one attached hydrogen (secondary N) is 1. The summed E-state index contributed by atoms with van der Waals surface area (Å²) in [6.07, 6.45) is 5.23. The standard InChI is InChI=1S/C12H17ClN2O2S2/c1-18-12(6-3-7-12)8-15-19(16,17)11-9(13)4-2-5-10(11)14/h2,4-5,15H,3,6-8,14H2,1H3. The van der Waals surface area contributed by atoms with Gasteiger partial charge in [0.05, 0.1) is 10.7 Å². The lowest BCUT2D eigenvalue weighted by Gasteiger charge is -2.40. The van der Waals surface area contributed by atoms with E-state index >= 15 is 0 Å². The molecule has 0 aromatic heterocycles. The van der Waals surface area contributed by atoms with Crippen molar-refractivity contribution in [3.8, 4) is 0 Å². The molecule has 0 unspecified atom stereocenters. The minimum atomic E-state index is -3.66. The molecular formula is C12H17ClN2O2S2. The minimum absolute atomic E-state index is 0.0211. The van der Waals surface area contributed by atoms with Crippen molar-refractivity contribution >= 4 is 39.1 Å². The highest BCUT2D eigenvalue weighted by Gasteiger charge is 2.37. The Labute approximate surface area is 123 Å². The second-order valence-electron chi connectivity index (χ2n) is 4.72. The summed E-state index contributed by atoms with van der Waals surface area (Å²) in [6, 6.07) is 4.69. The van der Waals surface area contributed by atoms with Gasteiger partial charge >= 0.3 is 0 Å². The number of hydrogen-bond donors (Lipinski definition) is 2. The molecule has 106 valence electrons. The van der Waals surface area contributed by atoms with Gasteiger partial charge in [-0.05, 0) is 31.2 Å². The first-order valence-electron chi connectivity index (χ1n) is 5.99. The third-order valence-corrected chi connectivity index (χ3v) is 6.91. The molecule has 1 fully saturated rings. The van der Waals surface area contributed by atoms with E-state index < -0.39 is 10.0 Å². The highest BCUT2D eigenvalue weighted by molar-refractivity contribution is 8.00. The summed E-state index contributed by atoms with van der Waals surface area (Å²) in [7, 11) is -3.66. The van der Waals surface area contributed by atoms with Gasteiger partial charge in [0.2, 0.25) is 10.0 Å². The molecule has 0 bridgehead atoms. The number of thioether (sulfide) groups is 1. The zero-order valence-corrected chi connectivity index (χ0v) is 13.0. The van der Waals surface area contributed by atoms with Gasteiger partial charge in [0, 0.05) is 11.3 Å². The Kier molecular flexibility index (Phi) is 4.35. The second-order valence-corrected chi connectivity index (χ2v) is 8.11. The van der Waals surface area contributed by atoms with Crippen molar-refractivity contribution in [3.05, 3.63) is 23.2 Å². The van der Waals surface area contributed by atoms with Gasteiger partial charge in [-0.15, -0.1) is 0 Å². The number of hydrogen-bond acceptors (Lipinski definition) is 4. The summed E-state index contributed by atoms with van der Waals surface area (Å²) in [4.78, 5) is -0.0211. The number of nitrogens with two attached hydrogens (primary N) is 1. The van der Waals surface area contributed by atoms with Gasteiger partial charge in [0.25, 0.3) is 0 Å². The molecule has 0 aliphatic heterocycles. The van der Waals surface area contributed by atoms with Crippen molar-refractivity contribution < 1.29 is 8.42 Å². The predicted molar refractivity (Wildman–Crippen MR) is 81.1 cm³/mol. The summed E-state index contributed by atoms with van der Waals surface area (Å²) >= 11 is 7.65. The van der Waals surface area contributed by atoms with E-state index in [0.29, 0.717) is 6.54 Å². The van der Waals surface area contributed by atoms with Crippen molar-refractivity contribution in [1.82, 2.24) is 4.72 Å². The minimum Gasteiger partial charge on any atom is -0.398 e. The topological polar surface area (TPSA) is 72.2 Å². The lowest BCUT2D eigenvalue weighted by Crippen LogP contribution is -2.45. The summed E-state index contributed by atoms with van der Waals surface area (Å²) in [5.41, 5.74) is 5.89. The number of rotatable bonds is 5. The smallest absolute Gasteiger partial charge is 0.244 e. The van der Waals surface area contributed by atoms with Crippen LogP contribution in [-0.4, -0.2) is 26.0 Å². The Morgan fingerprint density at radius 2 is 2.16 bits per heavy atom. The molecule has 0 spiro atoms. The quantitative estimate of drug-likeness (QED) is 0.818. The molecule has 1 aromatic rings. The number of anilines is 1. The normalized spacial score (nSPS) is 18.0. The van der Waals surface area contributed by atoms with E-state index in [0.717, 1.165) is 19.3 Å². The van der Waals surface area contributed by atoms with E-state index in [-0.39, 0.29) is 20.4 Å². The SMILES string of the molecule is CSC1(CNS(=O)(=O)c2c(N)cccc2Cl)CCC1. The van der Waals surface area contributed by atoms with Gasteiger partial charge in [-0.3, -0.25) is 0 Å². The zero-order valence-electron chi connectivity index (χ0n) is 10.6. The Bertz CT molecular complexity index is 545. The summed E-state index contributed by atoms with van der Waals surface area (Å²) in [6.45, 7) is 0.418. The van der Waals surface area contributed by atoms with E-state index in [1.807, 2.05) is 6.26 Å². The van der Waals surface area contributed by atoms with Crippen molar-refractivity contribution in [2.24, 2.45) is 0 Å². The zero-order chi connectivity index (χ0) is 14.1. The van der Waals surface area contributed by atoms with Gasteiger partial charge in [-0.25, -0.2) is 13.1 Å². The Morgan fingerprint density at radius 3 is 2.63 bits per heavy atom. The molecule has 1 aliphatic carbocycles. The van der Waals surface area contributed by atoms with Crippen molar-refractivity contribution in [3.63, 3.8) is 0 Å². The molecule has 0 atom stereocenters. The maximum absolute atomic E-state index is 12.3. The van der Waals surface area contributed by atoms with E-state index in [1.54, 1.807) is 17.8 Å². The molecule has 0 heterocycles. The van der Waals surface area contributed by atoms with Crippen LogP contribution in [0.1, 0.15) is 19.3 Å². The Balaban J connectivity index is 2.19. The van der Waals surface area contributed by atoms with Gasteiger partial charge in [-0.1, -0.05) is 24.1 Å². The first-order valence-corrected chi connectivity index (χ1v) is 9.08. The first-order chi connectivity index (χ1) is 8.90. The van der Waals surface area contributed by atoms with Crippen molar-refractivity contribution in [2.75, 3.05) is 18.5 Å². The molecule has 19 heavy (non-hydrogen) atoms. The highest BCUT2D eigenvalue weighted by Crippen LogP contribution is 2.42. The third-order valence-electron chi connectivity index (χ3n) is 3.55. The van der Waals surface area contributed by atoms with Gasteiger partial charge in [-0.2, -0.15) is 11.8 Å². The third kappa shape index (κ3) is 3.02. The molecule has 1 saturated carbocycles. The molecule has 1 aliphatic rings. The first kappa shape index (κ1) is 15.0. The molecule has 2 rings (SSSR count). The monoisotopic (exact) mass is 320 g/mol. The van der Waals surface area contributed by atoms with Crippen LogP contribution in [0.4, 0.5) is 5.69 Å². The van der Waals surface area contributed by atoms with Crippen molar-refractivity contribution in [2.45, 2.75) is 28.9 Å². The van der Waals surface area contributed by atoms with Gasteiger partial charge < -0.3 is 5.73 Å².